The van der Waals surface area contributed by atoms with E-state index < -0.39 is 17.8 Å². The molecule has 1 unspecified atom stereocenters. The van der Waals surface area contributed by atoms with Crippen LogP contribution in [0.2, 0.25) is 0 Å². The molecule has 0 fully saturated rings. The van der Waals surface area contributed by atoms with Crippen LogP contribution in [0.15, 0.2) is 24.3 Å². The van der Waals surface area contributed by atoms with Crippen molar-refractivity contribution in [2.75, 3.05) is 5.32 Å². The van der Waals surface area contributed by atoms with Crippen molar-refractivity contribution in [3.05, 3.63) is 35.4 Å². The molecule has 0 aromatic heterocycles. The minimum Gasteiger partial charge on any atom is -0.372 e. The molecule has 1 atom stereocenters. The number of anilines is 1. The molecule has 2 nitrogen and oxygen atoms in total. The molecule has 1 aromatic carbocycles. The lowest BCUT2D eigenvalue weighted by Gasteiger charge is -2.19. The summed E-state index contributed by atoms with van der Waals surface area (Å²) in [4.78, 5) is 10.5. The number of alkyl halides is 3. The van der Waals surface area contributed by atoms with E-state index in [4.69, 9.17) is 0 Å². The number of fused-ring (bicyclic) bond motifs is 1. The first-order valence-corrected chi connectivity index (χ1v) is 4.62. The van der Waals surface area contributed by atoms with Gasteiger partial charge in [0.05, 0.1) is 5.56 Å². The van der Waals surface area contributed by atoms with Gasteiger partial charge in [-0.3, -0.25) is 0 Å². The van der Waals surface area contributed by atoms with Gasteiger partial charge in [-0.25, -0.2) is 0 Å². The van der Waals surface area contributed by atoms with E-state index in [9.17, 15) is 18.0 Å². The second kappa shape index (κ2) is 3.66. The standard InChI is InChI=1S/C11H8F3NO/c12-11(13,14)8-2-4-10-7(5-8)1-3-9(6-16)15-10/h1-6,9,15H. The molecule has 1 aliphatic heterocycles. The zero-order valence-electron chi connectivity index (χ0n) is 8.08. The lowest BCUT2D eigenvalue weighted by molar-refractivity contribution is -0.137. The summed E-state index contributed by atoms with van der Waals surface area (Å²) in [6.45, 7) is 0. The third-order valence-corrected chi connectivity index (χ3v) is 2.33. The van der Waals surface area contributed by atoms with Gasteiger partial charge in [-0.05, 0) is 23.8 Å². The van der Waals surface area contributed by atoms with Gasteiger partial charge in [-0.1, -0.05) is 12.2 Å². The first-order valence-electron chi connectivity index (χ1n) is 4.62. The molecule has 0 saturated heterocycles. The van der Waals surface area contributed by atoms with Crippen LogP contribution in [0.1, 0.15) is 11.1 Å². The Balaban J connectivity index is 2.38. The molecule has 1 N–H and O–H groups in total. The Labute approximate surface area is 89.8 Å². The summed E-state index contributed by atoms with van der Waals surface area (Å²) in [6, 6.07) is 2.91. The summed E-state index contributed by atoms with van der Waals surface area (Å²) in [6.07, 6.45) is -0.614. The van der Waals surface area contributed by atoms with E-state index in [2.05, 4.69) is 5.32 Å². The zero-order chi connectivity index (χ0) is 11.8. The number of halogens is 3. The van der Waals surface area contributed by atoms with Crippen molar-refractivity contribution in [3.63, 3.8) is 0 Å². The number of carbonyl (C=O) groups is 1. The summed E-state index contributed by atoms with van der Waals surface area (Å²) in [5.74, 6) is 0. The Morgan fingerprint density at radius 1 is 1.31 bits per heavy atom. The zero-order valence-corrected chi connectivity index (χ0v) is 8.08. The number of aldehydes is 1. The van der Waals surface area contributed by atoms with Gasteiger partial charge in [0.2, 0.25) is 0 Å². The van der Waals surface area contributed by atoms with Crippen LogP contribution in [-0.2, 0) is 11.0 Å². The van der Waals surface area contributed by atoms with Crippen LogP contribution in [-0.4, -0.2) is 12.3 Å². The summed E-state index contributed by atoms with van der Waals surface area (Å²) < 4.78 is 37.2. The van der Waals surface area contributed by atoms with Crippen LogP contribution < -0.4 is 5.32 Å². The molecule has 0 spiro atoms. The Kier molecular flexibility index (Phi) is 2.46. The quantitative estimate of drug-likeness (QED) is 0.747. The maximum atomic E-state index is 12.4. The van der Waals surface area contributed by atoms with Crippen molar-refractivity contribution < 1.29 is 18.0 Å². The lowest BCUT2D eigenvalue weighted by atomic mass is 10.0. The van der Waals surface area contributed by atoms with Crippen LogP contribution in [0.5, 0.6) is 0 Å². The summed E-state index contributed by atoms with van der Waals surface area (Å²) in [5.41, 5.74) is 0.280. The second-order valence-electron chi connectivity index (χ2n) is 3.47. The summed E-state index contributed by atoms with van der Waals surface area (Å²) >= 11 is 0. The molecule has 0 radical (unpaired) electrons. The average Bonchev–Trinajstić information content (AvgIpc) is 2.26. The van der Waals surface area contributed by atoms with E-state index in [-0.39, 0.29) is 0 Å². The highest BCUT2D eigenvalue weighted by molar-refractivity contribution is 5.79. The Hall–Kier alpha value is -1.78. The Bertz CT molecular complexity index is 451. The van der Waals surface area contributed by atoms with Gasteiger partial charge in [0, 0.05) is 5.69 Å². The van der Waals surface area contributed by atoms with Crippen LogP contribution in [0.25, 0.3) is 6.08 Å². The van der Waals surface area contributed by atoms with E-state index in [1.807, 2.05) is 0 Å². The van der Waals surface area contributed by atoms with Crippen LogP contribution in [0, 0.1) is 0 Å². The van der Waals surface area contributed by atoms with Crippen LogP contribution in [0.3, 0.4) is 0 Å². The molecule has 16 heavy (non-hydrogen) atoms. The van der Waals surface area contributed by atoms with Gasteiger partial charge >= 0.3 is 6.18 Å². The third kappa shape index (κ3) is 1.93. The molecule has 1 aliphatic rings. The predicted molar refractivity (Wildman–Crippen MR) is 54.0 cm³/mol. The first-order chi connectivity index (χ1) is 7.50. The van der Waals surface area contributed by atoms with Crippen molar-refractivity contribution in [2.24, 2.45) is 0 Å². The summed E-state index contributed by atoms with van der Waals surface area (Å²) in [7, 11) is 0. The van der Waals surface area contributed by atoms with Gasteiger partial charge in [-0.15, -0.1) is 0 Å². The van der Waals surface area contributed by atoms with Gasteiger partial charge in [0.15, 0.2) is 0 Å². The molecule has 0 saturated carbocycles. The fourth-order valence-corrected chi connectivity index (χ4v) is 1.52. The van der Waals surface area contributed by atoms with Gasteiger partial charge in [-0.2, -0.15) is 13.2 Å². The molecule has 2 rings (SSSR count). The number of nitrogens with one attached hydrogen (secondary N) is 1. The predicted octanol–water partition coefficient (Wildman–Crippen LogP) is 2.71. The molecule has 0 aliphatic carbocycles. The third-order valence-electron chi connectivity index (χ3n) is 2.33. The van der Waals surface area contributed by atoms with Crippen molar-refractivity contribution in [1.82, 2.24) is 0 Å². The second-order valence-corrected chi connectivity index (χ2v) is 3.47. The molecule has 1 heterocycles. The maximum absolute atomic E-state index is 12.4. The number of hydrogen-bond donors (Lipinski definition) is 1. The smallest absolute Gasteiger partial charge is 0.372 e. The largest absolute Gasteiger partial charge is 0.416 e. The molecule has 84 valence electrons. The average molecular weight is 227 g/mol. The number of benzene rings is 1. The van der Waals surface area contributed by atoms with Crippen molar-refractivity contribution in [3.8, 4) is 0 Å². The molecule has 0 amide bonds. The Morgan fingerprint density at radius 2 is 2.06 bits per heavy atom. The molecule has 0 bridgehead atoms. The van der Waals surface area contributed by atoms with E-state index in [1.165, 1.54) is 18.2 Å². The fourth-order valence-electron chi connectivity index (χ4n) is 1.52. The SMILES string of the molecule is O=CC1C=Cc2cc(C(F)(F)F)ccc2N1. The van der Waals surface area contributed by atoms with Gasteiger partial charge in [0.1, 0.15) is 12.3 Å². The van der Waals surface area contributed by atoms with Crippen molar-refractivity contribution >= 4 is 18.0 Å². The monoisotopic (exact) mass is 227 g/mol. The minimum absolute atomic E-state index is 0.438. The van der Waals surface area contributed by atoms with E-state index in [1.54, 1.807) is 0 Å². The van der Waals surface area contributed by atoms with Gasteiger partial charge in [0.25, 0.3) is 0 Å². The lowest BCUT2D eigenvalue weighted by Crippen LogP contribution is -2.21. The highest BCUT2D eigenvalue weighted by Crippen LogP contribution is 2.33. The Morgan fingerprint density at radius 3 is 2.69 bits per heavy atom. The van der Waals surface area contributed by atoms with Gasteiger partial charge < -0.3 is 10.1 Å². The number of carbonyl (C=O) groups excluding carboxylic acids is 1. The topological polar surface area (TPSA) is 29.1 Å². The fraction of sp³-hybridized carbons (Fsp3) is 0.182. The van der Waals surface area contributed by atoms with Crippen molar-refractivity contribution in [1.29, 1.82) is 0 Å². The van der Waals surface area contributed by atoms with Crippen LogP contribution >= 0.6 is 0 Å². The molecule has 1 aromatic rings. The molecular formula is C11H8F3NO. The highest BCUT2D eigenvalue weighted by Gasteiger charge is 2.31. The number of rotatable bonds is 1. The van der Waals surface area contributed by atoms with Crippen LogP contribution in [0.4, 0.5) is 18.9 Å². The highest BCUT2D eigenvalue weighted by atomic mass is 19.4. The van der Waals surface area contributed by atoms with E-state index in [0.29, 0.717) is 17.5 Å². The molecule has 5 heteroatoms. The van der Waals surface area contributed by atoms with Crippen molar-refractivity contribution in [2.45, 2.75) is 12.2 Å². The number of hydrogen-bond acceptors (Lipinski definition) is 2. The van der Waals surface area contributed by atoms with E-state index in [0.717, 1.165) is 12.1 Å². The minimum atomic E-state index is -4.34. The molecular weight excluding hydrogens is 219 g/mol. The van der Waals surface area contributed by atoms with E-state index >= 15 is 0 Å². The maximum Gasteiger partial charge on any atom is 0.416 e. The first kappa shape index (κ1) is 10.7. The summed E-state index contributed by atoms with van der Waals surface area (Å²) in [5, 5.41) is 2.80. The normalized spacial score (nSPS) is 18.8.